The van der Waals surface area contributed by atoms with Crippen molar-refractivity contribution in [1.82, 2.24) is 10.3 Å². The minimum absolute atomic E-state index is 0.0230. The Kier molecular flexibility index (Phi) is 3.75. The molecule has 0 spiro atoms. The first-order valence-electron chi connectivity index (χ1n) is 6.45. The third-order valence-corrected chi connectivity index (χ3v) is 4.17. The van der Waals surface area contributed by atoms with E-state index >= 15 is 0 Å². The Hall–Kier alpha value is -1.79. The van der Waals surface area contributed by atoms with Crippen LogP contribution in [0.3, 0.4) is 0 Å². The molecule has 0 fully saturated rings. The number of rotatable bonds is 3. The lowest BCUT2D eigenvalue weighted by Gasteiger charge is -2.09. The first-order chi connectivity index (χ1) is 9.72. The number of amides is 1. The summed E-state index contributed by atoms with van der Waals surface area (Å²) < 4.78 is 13.5. The molecule has 0 saturated carbocycles. The summed E-state index contributed by atoms with van der Waals surface area (Å²) in [6.45, 7) is 1.72. The summed E-state index contributed by atoms with van der Waals surface area (Å²) in [5.41, 5.74) is 1.45. The molecule has 0 aliphatic carbocycles. The van der Waals surface area contributed by atoms with E-state index in [-0.39, 0.29) is 18.1 Å². The van der Waals surface area contributed by atoms with Gasteiger partial charge in [-0.1, -0.05) is 18.2 Å². The maximum atomic E-state index is 13.5. The minimum Gasteiger partial charge on any atom is -0.311 e. The zero-order chi connectivity index (χ0) is 13.9. The monoisotopic (exact) mass is 291 g/mol. The highest BCUT2D eigenvalue weighted by Gasteiger charge is 2.16. The van der Waals surface area contributed by atoms with Gasteiger partial charge in [0, 0.05) is 24.4 Å². The van der Waals surface area contributed by atoms with Crippen LogP contribution in [0.15, 0.2) is 24.3 Å². The fraction of sp³-hybridized carbons (Fsp3) is 0.286. The van der Waals surface area contributed by atoms with E-state index in [9.17, 15) is 9.18 Å². The molecule has 2 heterocycles. The molecule has 4 nitrogen and oxygen atoms in total. The number of anilines is 1. The topological polar surface area (TPSA) is 54.0 Å². The molecule has 0 saturated heterocycles. The van der Waals surface area contributed by atoms with Crippen molar-refractivity contribution in [1.29, 1.82) is 0 Å². The van der Waals surface area contributed by atoms with Crippen LogP contribution in [0.4, 0.5) is 9.52 Å². The number of hydrogen-bond donors (Lipinski definition) is 2. The number of nitrogens with one attached hydrogen (secondary N) is 2. The van der Waals surface area contributed by atoms with Gasteiger partial charge in [-0.25, -0.2) is 9.37 Å². The van der Waals surface area contributed by atoms with Crippen LogP contribution in [0.2, 0.25) is 0 Å². The summed E-state index contributed by atoms with van der Waals surface area (Å²) in [5, 5.41) is 6.61. The highest BCUT2D eigenvalue weighted by atomic mass is 32.1. The smallest absolute Gasteiger partial charge is 0.230 e. The van der Waals surface area contributed by atoms with E-state index < -0.39 is 0 Å². The predicted octanol–water partition coefficient (Wildman–Crippen LogP) is 2.11. The highest BCUT2D eigenvalue weighted by Crippen LogP contribution is 2.25. The predicted molar refractivity (Wildman–Crippen MR) is 76.3 cm³/mol. The number of carbonyl (C=O) groups excluding carboxylic acids is 1. The van der Waals surface area contributed by atoms with Crippen molar-refractivity contribution in [2.45, 2.75) is 19.4 Å². The summed E-state index contributed by atoms with van der Waals surface area (Å²) in [5.74, 6) is -0.598. The fourth-order valence-electron chi connectivity index (χ4n) is 2.16. The molecular formula is C14H14FN3OS. The Bertz CT molecular complexity index is 618. The number of carbonyl (C=O) groups is 1. The van der Waals surface area contributed by atoms with Gasteiger partial charge in [0.2, 0.25) is 5.91 Å². The van der Waals surface area contributed by atoms with Crippen molar-refractivity contribution < 1.29 is 9.18 Å². The first kappa shape index (κ1) is 13.2. The quantitative estimate of drug-likeness (QED) is 0.910. The number of benzene rings is 1. The van der Waals surface area contributed by atoms with Gasteiger partial charge in [-0.2, -0.15) is 0 Å². The Morgan fingerprint density at radius 3 is 3.10 bits per heavy atom. The van der Waals surface area contributed by atoms with Crippen molar-refractivity contribution in [3.63, 3.8) is 0 Å². The molecule has 104 valence electrons. The molecule has 0 radical (unpaired) electrons. The maximum Gasteiger partial charge on any atom is 0.230 e. The molecule has 2 aromatic rings. The lowest BCUT2D eigenvalue weighted by Crippen LogP contribution is -2.22. The zero-order valence-electron chi connectivity index (χ0n) is 10.8. The Morgan fingerprint density at radius 1 is 1.45 bits per heavy atom. The average Bonchev–Trinajstić information content (AvgIpc) is 2.83. The third-order valence-electron chi connectivity index (χ3n) is 3.16. The van der Waals surface area contributed by atoms with Crippen molar-refractivity contribution in [2.75, 3.05) is 11.9 Å². The second-order valence-corrected chi connectivity index (χ2v) is 5.72. The number of halogens is 1. The zero-order valence-corrected chi connectivity index (χ0v) is 11.6. The van der Waals surface area contributed by atoms with Gasteiger partial charge in [-0.3, -0.25) is 4.79 Å². The number of thiazole rings is 1. The second-order valence-electron chi connectivity index (χ2n) is 4.63. The molecule has 1 amide bonds. The Labute approximate surface area is 120 Å². The van der Waals surface area contributed by atoms with Crippen molar-refractivity contribution >= 4 is 22.4 Å². The highest BCUT2D eigenvalue weighted by molar-refractivity contribution is 7.15. The number of hydrogen-bond acceptors (Lipinski definition) is 4. The molecule has 0 atom stereocenters. The summed E-state index contributed by atoms with van der Waals surface area (Å²) in [4.78, 5) is 17.5. The van der Waals surface area contributed by atoms with Gasteiger partial charge in [0.05, 0.1) is 12.1 Å². The van der Waals surface area contributed by atoms with Gasteiger partial charge in [0.25, 0.3) is 0 Å². The molecule has 1 aromatic carbocycles. The third kappa shape index (κ3) is 2.86. The summed E-state index contributed by atoms with van der Waals surface area (Å²) in [6.07, 6.45) is 0.907. The standard InChI is InChI=1S/C14H14FN3OS/c15-10-4-2-1-3-9(10)7-13(19)18-14-17-11-5-6-16-8-12(11)20-14/h1-4,16H,5-8H2,(H,17,18,19). The van der Waals surface area contributed by atoms with Crippen LogP contribution in [-0.4, -0.2) is 17.4 Å². The summed E-state index contributed by atoms with van der Waals surface area (Å²) in [6, 6.07) is 6.31. The number of fused-ring (bicyclic) bond motifs is 1. The first-order valence-corrected chi connectivity index (χ1v) is 7.26. The van der Waals surface area contributed by atoms with Gasteiger partial charge >= 0.3 is 0 Å². The summed E-state index contributed by atoms with van der Waals surface area (Å²) >= 11 is 1.48. The van der Waals surface area contributed by atoms with Crippen LogP contribution in [-0.2, 0) is 24.2 Å². The molecule has 3 rings (SSSR count). The van der Waals surface area contributed by atoms with Crippen molar-refractivity contribution in [2.24, 2.45) is 0 Å². The minimum atomic E-state index is -0.356. The van der Waals surface area contributed by atoms with Crippen LogP contribution in [0.5, 0.6) is 0 Å². The molecule has 1 aliphatic heterocycles. The molecule has 1 aliphatic rings. The van der Waals surface area contributed by atoms with Gasteiger partial charge in [-0.15, -0.1) is 11.3 Å². The molecule has 0 bridgehead atoms. The van der Waals surface area contributed by atoms with Crippen molar-refractivity contribution in [3.05, 3.63) is 46.2 Å². The lowest BCUT2D eigenvalue weighted by atomic mass is 10.1. The van der Waals surface area contributed by atoms with E-state index in [1.807, 2.05) is 0 Å². The second kappa shape index (κ2) is 5.68. The Balaban J connectivity index is 1.67. The van der Waals surface area contributed by atoms with Gasteiger partial charge < -0.3 is 10.6 Å². The van der Waals surface area contributed by atoms with E-state index in [1.165, 1.54) is 17.4 Å². The van der Waals surface area contributed by atoms with Crippen molar-refractivity contribution in [3.8, 4) is 0 Å². The molecule has 2 N–H and O–H groups in total. The molecule has 0 unspecified atom stereocenters. The molecular weight excluding hydrogens is 277 g/mol. The van der Waals surface area contributed by atoms with E-state index in [2.05, 4.69) is 15.6 Å². The van der Waals surface area contributed by atoms with Crippen LogP contribution in [0, 0.1) is 5.82 Å². The molecule has 20 heavy (non-hydrogen) atoms. The number of nitrogens with zero attached hydrogens (tertiary/aromatic N) is 1. The average molecular weight is 291 g/mol. The van der Waals surface area contributed by atoms with Crippen LogP contribution >= 0.6 is 11.3 Å². The lowest BCUT2D eigenvalue weighted by molar-refractivity contribution is -0.115. The van der Waals surface area contributed by atoms with Crippen LogP contribution in [0.25, 0.3) is 0 Å². The van der Waals surface area contributed by atoms with E-state index in [0.717, 1.165) is 30.1 Å². The van der Waals surface area contributed by atoms with E-state index in [1.54, 1.807) is 18.2 Å². The molecule has 6 heteroatoms. The largest absolute Gasteiger partial charge is 0.311 e. The van der Waals surface area contributed by atoms with Gasteiger partial charge in [0.1, 0.15) is 5.82 Å². The van der Waals surface area contributed by atoms with Crippen LogP contribution in [0.1, 0.15) is 16.1 Å². The number of aromatic nitrogens is 1. The fourth-order valence-corrected chi connectivity index (χ4v) is 3.15. The summed E-state index contributed by atoms with van der Waals surface area (Å²) in [7, 11) is 0. The van der Waals surface area contributed by atoms with E-state index in [4.69, 9.17) is 0 Å². The SMILES string of the molecule is O=C(Cc1ccccc1F)Nc1nc2c(s1)CNCC2. The van der Waals surface area contributed by atoms with Gasteiger partial charge in [-0.05, 0) is 11.6 Å². The van der Waals surface area contributed by atoms with E-state index in [0.29, 0.717) is 10.7 Å². The van der Waals surface area contributed by atoms with Crippen LogP contribution < -0.4 is 10.6 Å². The molecule has 1 aromatic heterocycles. The normalized spacial score (nSPS) is 13.8. The Morgan fingerprint density at radius 2 is 2.30 bits per heavy atom. The van der Waals surface area contributed by atoms with Gasteiger partial charge in [0.15, 0.2) is 5.13 Å². The maximum absolute atomic E-state index is 13.5.